The topological polar surface area (TPSA) is 60.7 Å². The van der Waals surface area contributed by atoms with E-state index in [0.29, 0.717) is 26.2 Å². The van der Waals surface area contributed by atoms with Gasteiger partial charge in [0.15, 0.2) is 6.29 Å². The lowest BCUT2D eigenvalue weighted by atomic mass is 10.0. The van der Waals surface area contributed by atoms with Crippen LogP contribution >= 0.6 is 0 Å². The summed E-state index contributed by atoms with van der Waals surface area (Å²) in [6.07, 6.45) is 3.94. The number of hydrogen-bond acceptors (Lipinski definition) is 5. The highest BCUT2D eigenvalue weighted by molar-refractivity contribution is 5.13. The highest BCUT2D eigenvalue weighted by Crippen LogP contribution is 2.29. The summed E-state index contributed by atoms with van der Waals surface area (Å²) in [6.45, 7) is 1.91. The van der Waals surface area contributed by atoms with Crippen LogP contribution in [0.3, 0.4) is 0 Å². The molecule has 5 nitrogen and oxygen atoms in total. The molecule has 0 spiro atoms. The molecule has 1 aromatic carbocycles. The van der Waals surface area contributed by atoms with E-state index in [4.69, 9.17) is 24.2 Å². The van der Waals surface area contributed by atoms with E-state index in [1.165, 1.54) is 0 Å². The van der Waals surface area contributed by atoms with Gasteiger partial charge in [-0.1, -0.05) is 30.3 Å². The number of hydrogen-bond donors (Lipinski definition) is 0. The molecule has 130 valence electrons. The third kappa shape index (κ3) is 5.02. The van der Waals surface area contributed by atoms with Gasteiger partial charge in [0.25, 0.3) is 0 Å². The van der Waals surface area contributed by atoms with Crippen molar-refractivity contribution in [2.24, 2.45) is 0 Å². The van der Waals surface area contributed by atoms with Gasteiger partial charge < -0.3 is 18.9 Å². The van der Waals surface area contributed by atoms with Gasteiger partial charge in [0, 0.05) is 6.42 Å². The second-order valence-corrected chi connectivity index (χ2v) is 6.32. The van der Waals surface area contributed by atoms with Crippen LogP contribution in [0, 0.1) is 11.3 Å². The van der Waals surface area contributed by atoms with Gasteiger partial charge in [0.1, 0.15) is 0 Å². The molecule has 0 radical (unpaired) electrons. The molecule has 0 aromatic heterocycles. The number of nitrogens with zero attached hydrogens (tertiary/aromatic N) is 1. The molecular formula is C19H25NO4. The zero-order valence-corrected chi connectivity index (χ0v) is 13.9. The zero-order chi connectivity index (χ0) is 16.6. The van der Waals surface area contributed by atoms with E-state index < -0.39 is 0 Å². The molecule has 2 fully saturated rings. The molecule has 5 heteroatoms. The first-order valence-corrected chi connectivity index (χ1v) is 8.76. The molecule has 3 rings (SSSR count). The van der Waals surface area contributed by atoms with Crippen molar-refractivity contribution in [3.63, 3.8) is 0 Å². The molecule has 1 aromatic rings. The predicted octanol–water partition coefficient (Wildman–Crippen LogP) is 3.19. The lowest BCUT2D eigenvalue weighted by Crippen LogP contribution is -2.30. The highest BCUT2D eigenvalue weighted by atomic mass is 16.7. The van der Waals surface area contributed by atoms with Crippen molar-refractivity contribution in [1.29, 1.82) is 5.26 Å². The average Bonchev–Trinajstić information content (AvgIpc) is 3.28. The van der Waals surface area contributed by atoms with E-state index in [1.807, 2.05) is 18.2 Å². The maximum Gasteiger partial charge on any atom is 0.157 e. The molecule has 2 heterocycles. The van der Waals surface area contributed by atoms with Gasteiger partial charge in [-0.25, -0.2) is 0 Å². The van der Waals surface area contributed by atoms with Crippen LogP contribution in [0.1, 0.15) is 37.7 Å². The van der Waals surface area contributed by atoms with Crippen molar-refractivity contribution in [3.05, 3.63) is 35.9 Å². The first kappa shape index (κ1) is 17.4. The Hall–Kier alpha value is -1.45. The third-order valence-corrected chi connectivity index (χ3v) is 4.56. The van der Waals surface area contributed by atoms with Gasteiger partial charge in [-0.2, -0.15) is 5.26 Å². The quantitative estimate of drug-likeness (QED) is 0.732. The minimum absolute atomic E-state index is 0.00157. The Bertz CT molecular complexity index is 524. The van der Waals surface area contributed by atoms with Crippen molar-refractivity contribution >= 4 is 0 Å². The fourth-order valence-corrected chi connectivity index (χ4v) is 3.29. The van der Waals surface area contributed by atoms with Gasteiger partial charge in [0.05, 0.1) is 50.6 Å². The largest absolute Gasteiger partial charge is 0.371 e. The molecule has 0 amide bonds. The molecule has 0 saturated carbocycles. The Morgan fingerprint density at radius 2 is 1.96 bits per heavy atom. The lowest BCUT2D eigenvalue weighted by Gasteiger charge is -2.25. The van der Waals surface area contributed by atoms with Crippen molar-refractivity contribution < 1.29 is 18.9 Å². The van der Waals surface area contributed by atoms with E-state index in [-0.39, 0.29) is 24.6 Å². The Balaban J connectivity index is 1.54. The summed E-state index contributed by atoms with van der Waals surface area (Å²) in [5.41, 5.74) is 1.16. The number of rotatable bonds is 8. The van der Waals surface area contributed by atoms with Gasteiger partial charge >= 0.3 is 0 Å². The first-order chi connectivity index (χ1) is 11.8. The molecular weight excluding hydrogens is 306 g/mol. The molecule has 3 atom stereocenters. The van der Waals surface area contributed by atoms with Gasteiger partial charge in [-0.05, 0) is 24.8 Å². The molecule has 2 saturated heterocycles. The van der Waals surface area contributed by atoms with Gasteiger partial charge in [-0.15, -0.1) is 0 Å². The number of benzene rings is 1. The van der Waals surface area contributed by atoms with Crippen LogP contribution in [0.5, 0.6) is 0 Å². The minimum Gasteiger partial charge on any atom is -0.371 e. The van der Waals surface area contributed by atoms with Gasteiger partial charge in [-0.3, -0.25) is 0 Å². The predicted molar refractivity (Wildman–Crippen MR) is 88.1 cm³/mol. The van der Waals surface area contributed by atoms with Crippen LogP contribution in [-0.4, -0.2) is 37.8 Å². The lowest BCUT2D eigenvalue weighted by molar-refractivity contribution is -0.0970. The van der Waals surface area contributed by atoms with Gasteiger partial charge in [0.2, 0.25) is 0 Å². The second-order valence-electron chi connectivity index (χ2n) is 6.32. The standard InChI is InChI=1S/C19H25NO4/c20-11-10-16-6-7-18(24-16)17(8-9-19-21-12-13-22-19)23-14-15-4-2-1-3-5-15/h1-5,16-19H,6-10,12-14H2/t16-,17+,18-/m1/s1. The first-order valence-electron chi connectivity index (χ1n) is 8.76. The Labute approximate surface area is 143 Å². The molecule has 2 aliphatic rings. The van der Waals surface area contributed by atoms with E-state index in [2.05, 4.69) is 18.2 Å². The van der Waals surface area contributed by atoms with Crippen molar-refractivity contribution in [2.45, 2.75) is 63.3 Å². The molecule has 2 aliphatic heterocycles. The summed E-state index contributed by atoms with van der Waals surface area (Å²) in [5, 5.41) is 8.86. The maximum absolute atomic E-state index is 8.86. The van der Waals surface area contributed by atoms with E-state index in [9.17, 15) is 0 Å². The number of ether oxygens (including phenoxy) is 4. The van der Waals surface area contributed by atoms with Crippen LogP contribution in [0.15, 0.2) is 30.3 Å². The smallest absolute Gasteiger partial charge is 0.157 e. The summed E-state index contributed by atoms with van der Waals surface area (Å²) in [7, 11) is 0. The molecule has 24 heavy (non-hydrogen) atoms. The monoisotopic (exact) mass is 331 g/mol. The minimum atomic E-state index is -0.121. The average molecular weight is 331 g/mol. The third-order valence-electron chi connectivity index (χ3n) is 4.56. The second kappa shape index (κ2) is 9.14. The van der Waals surface area contributed by atoms with Crippen molar-refractivity contribution in [2.75, 3.05) is 13.2 Å². The summed E-state index contributed by atoms with van der Waals surface area (Å²) in [5.74, 6) is 0. The van der Waals surface area contributed by atoms with Crippen LogP contribution in [0.25, 0.3) is 0 Å². The van der Waals surface area contributed by atoms with Crippen LogP contribution in [0.2, 0.25) is 0 Å². The summed E-state index contributed by atoms with van der Waals surface area (Å²) in [6, 6.07) is 12.4. The highest BCUT2D eigenvalue weighted by Gasteiger charge is 2.33. The fourth-order valence-electron chi connectivity index (χ4n) is 3.29. The molecule has 0 N–H and O–H groups in total. The van der Waals surface area contributed by atoms with E-state index in [1.54, 1.807) is 0 Å². The summed E-state index contributed by atoms with van der Waals surface area (Å²) in [4.78, 5) is 0. The van der Waals surface area contributed by atoms with Crippen LogP contribution in [0.4, 0.5) is 0 Å². The maximum atomic E-state index is 8.86. The molecule has 0 aliphatic carbocycles. The normalized spacial score (nSPS) is 25.6. The fraction of sp³-hybridized carbons (Fsp3) is 0.632. The van der Waals surface area contributed by atoms with E-state index >= 15 is 0 Å². The van der Waals surface area contributed by atoms with Crippen LogP contribution in [-0.2, 0) is 25.6 Å². The molecule has 0 unspecified atom stereocenters. The van der Waals surface area contributed by atoms with E-state index in [0.717, 1.165) is 31.2 Å². The summed E-state index contributed by atoms with van der Waals surface area (Å²) < 4.78 is 23.3. The Morgan fingerprint density at radius 3 is 2.71 bits per heavy atom. The summed E-state index contributed by atoms with van der Waals surface area (Å²) >= 11 is 0. The van der Waals surface area contributed by atoms with Crippen molar-refractivity contribution in [1.82, 2.24) is 0 Å². The zero-order valence-electron chi connectivity index (χ0n) is 13.9. The molecule has 0 bridgehead atoms. The van der Waals surface area contributed by atoms with Crippen molar-refractivity contribution in [3.8, 4) is 6.07 Å². The SMILES string of the molecule is N#CC[C@H]1CC[C@H]([C@H](CCC2OCCO2)OCc2ccccc2)O1. The Morgan fingerprint density at radius 1 is 1.17 bits per heavy atom. The number of nitriles is 1. The Kier molecular flexibility index (Phi) is 6.62. The van der Waals surface area contributed by atoms with Crippen LogP contribution < -0.4 is 0 Å².